The van der Waals surface area contributed by atoms with E-state index in [4.69, 9.17) is 9.47 Å². The SMILES string of the molecule is CCOc1cc(CNC(=NC)N2CCC(CN(CC)CC(F)(F)F)C2)ccc1OC.I. The van der Waals surface area contributed by atoms with Gasteiger partial charge in [-0.3, -0.25) is 9.89 Å². The number of nitrogens with one attached hydrogen (secondary N) is 1. The van der Waals surface area contributed by atoms with Crippen LogP contribution in [-0.2, 0) is 6.54 Å². The maximum absolute atomic E-state index is 12.7. The van der Waals surface area contributed by atoms with Gasteiger partial charge in [-0.15, -0.1) is 24.0 Å². The Morgan fingerprint density at radius 2 is 2.03 bits per heavy atom. The maximum atomic E-state index is 12.7. The van der Waals surface area contributed by atoms with E-state index in [9.17, 15) is 13.2 Å². The standard InChI is InChI=1S/C21H33F3N4O2.HI/c1-5-27(15-21(22,23)24)13-17-9-10-28(14-17)20(25-3)26-12-16-7-8-18(29-4)19(11-16)30-6-2;/h7-8,11,17H,5-6,9-10,12-15H2,1-4H3,(H,25,26);1H. The summed E-state index contributed by atoms with van der Waals surface area (Å²) in [6.07, 6.45) is -3.31. The van der Waals surface area contributed by atoms with Gasteiger partial charge >= 0.3 is 6.18 Å². The minimum Gasteiger partial charge on any atom is -0.493 e. The lowest BCUT2D eigenvalue weighted by molar-refractivity contribution is -0.146. The molecule has 6 nitrogen and oxygen atoms in total. The molecule has 0 spiro atoms. The summed E-state index contributed by atoms with van der Waals surface area (Å²) in [7, 11) is 3.33. The fourth-order valence-corrected chi connectivity index (χ4v) is 3.71. The molecule has 1 aliphatic heterocycles. The topological polar surface area (TPSA) is 49.3 Å². The molecule has 1 N–H and O–H groups in total. The first-order valence-electron chi connectivity index (χ1n) is 10.3. The van der Waals surface area contributed by atoms with Gasteiger partial charge in [-0.1, -0.05) is 13.0 Å². The van der Waals surface area contributed by atoms with Gasteiger partial charge in [0.2, 0.25) is 0 Å². The maximum Gasteiger partial charge on any atom is 0.401 e. The van der Waals surface area contributed by atoms with E-state index in [1.54, 1.807) is 21.1 Å². The first-order valence-corrected chi connectivity index (χ1v) is 10.3. The van der Waals surface area contributed by atoms with Crippen LogP contribution >= 0.6 is 24.0 Å². The van der Waals surface area contributed by atoms with E-state index in [1.807, 2.05) is 25.1 Å². The zero-order valence-corrected chi connectivity index (χ0v) is 21.0. The molecule has 1 unspecified atom stereocenters. The van der Waals surface area contributed by atoms with Crippen molar-refractivity contribution in [1.82, 2.24) is 15.1 Å². The summed E-state index contributed by atoms with van der Waals surface area (Å²) >= 11 is 0. The monoisotopic (exact) mass is 558 g/mol. The number of ether oxygens (including phenoxy) is 2. The van der Waals surface area contributed by atoms with Crippen LogP contribution in [0.25, 0.3) is 0 Å². The lowest BCUT2D eigenvalue weighted by atomic mass is 10.1. The predicted molar refractivity (Wildman–Crippen MR) is 128 cm³/mol. The molecule has 0 amide bonds. The third kappa shape index (κ3) is 8.91. The summed E-state index contributed by atoms with van der Waals surface area (Å²) in [5, 5.41) is 3.35. The molecule has 1 saturated heterocycles. The first kappa shape index (κ1) is 27.6. The predicted octanol–water partition coefficient (Wildman–Crippen LogP) is 3.99. The number of methoxy groups -OCH3 is 1. The Hall–Kier alpha value is -1.43. The van der Waals surface area contributed by atoms with E-state index in [0.29, 0.717) is 44.3 Å². The third-order valence-electron chi connectivity index (χ3n) is 5.14. The molecular weight excluding hydrogens is 524 g/mol. The zero-order chi connectivity index (χ0) is 22.1. The summed E-state index contributed by atoms with van der Waals surface area (Å²) in [4.78, 5) is 7.93. The van der Waals surface area contributed by atoms with Crippen LogP contribution in [0.3, 0.4) is 0 Å². The van der Waals surface area contributed by atoms with Crippen molar-refractivity contribution in [2.24, 2.45) is 10.9 Å². The number of benzene rings is 1. The lowest BCUT2D eigenvalue weighted by Gasteiger charge is -2.26. The average molecular weight is 558 g/mol. The van der Waals surface area contributed by atoms with Gasteiger partial charge in [-0.25, -0.2) is 0 Å². The van der Waals surface area contributed by atoms with Crippen LogP contribution < -0.4 is 14.8 Å². The van der Waals surface area contributed by atoms with Gasteiger partial charge in [0.15, 0.2) is 17.5 Å². The van der Waals surface area contributed by atoms with E-state index in [0.717, 1.165) is 24.5 Å². The zero-order valence-electron chi connectivity index (χ0n) is 18.7. The van der Waals surface area contributed by atoms with Crippen molar-refractivity contribution in [3.05, 3.63) is 23.8 Å². The molecule has 2 rings (SSSR count). The van der Waals surface area contributed by atoms with E-state index in [1.165, 1.54) is 4.90 Å². The molecule has 0 aliphatic carbocycles. The molecule has 31 heavy (non-hydrogen) atoms. The Morgan fingerprint density at radius 3 is 2.61 bits per heavy atom. The average Bonchev–Trinajstić information content (AvgIpc) is 3.15. The van der Waals surface area contributed by atoms with Crippen LogP contribution in [0.5, 0.6) is 11.5 Å². The number of hydrogen-bond acceptors (Lipinski definition) is 4. The number of alkyl halides is 3. The highest BCUT2D eigenvalue weighted by molar-refractivity contribution is 14.0. The van der Waals surface area contributed by atoms with Gasteiger partial charge in [-0.05, 0) is 43.5 Å². The highest BCUT2D eigenvalue weighted by Crippen LogP contribution is 2.28. The third-order valence-corrected chi connectivity index (χ3v) is 5.14. The Balaban J connectivity index is 0.00000480. The number of rotatable bonds is 9. The van der Waals surface area contributed by atoms with Crippen molar-refractivity contribution >= 4 is 29.9 Å². The Kier molecular flexibility index (Phi) is 11.7. The summed E-state index contributed by atoms with van der Waals surface area (Å²) in [5.74, 6) is 2.33. The lowest BCUT2D eigenvalue weighted by Crippen LogP contribution is -2.41. The van der Waals surface area contributed by atoms with Crippen molar-refractivity contribution in [3.8, 4) is 11.5 Å². The molecule has 1 aromatic rings. The van der Waals surface area contributed by atoms with Crippen LogP contribution in [0.15, 0.2) is 23.2 Å². The van der Waals surface area contributed by atoms with Crippen LogP contribution in [0, 0.1) is 5.92 Å². The Morgan fingerprint density at radius 1 is 1.29 bits per heavy atom. The summed E-state index contributed by atoms with van der Waals surface area (Å²) in [5.41, 5.74) is 1.03. The molecule has 178 valence electrons. The fourth-order valence-electron chi connectivity index (χ4n) is 3.71. The van der Waals surface area contributed by atoms with E-state index >= 15 is 0 Å². The van der Waals surface area contributed by atoms with Crippen molar-refractivity contribution < 1.29 is 22.6 Å². The van der Waals surface area contributed by atoms with E-state index in [2.05, 4.69) is 15.2 Å². The quantitative estimate of drug-likeness (QED) is 0.282. The fraction of sp³-hybridized carbons (Fsp3) is 0.667. The molecule has 0 bridgehead atoms. The van der Waals surface area contributed by atoms with Crippen molar-refractivity contribution in [2.75, 3.05) is 53.5 Å². The largest absolute Gasteiger partial charge is 0.493 e. The summed E-state index contributed by atoms with van der Waals surface area (Å²) < 4.78 is 49.1. The number of aliphatic imine (C=N–C) groups is 1. The molecular formula is C21H34F3IN4O2. The van der Waals surface area contributed by atoms with E-state index in [-0.39, 0.29) is 29.9 Å². The highest BCUT2D eigenvalue weighted by Gasteiger charge is 2.33. The second-order valence-corrected chi connectivity index (χ2v) is 7.36. The molecule has 1 aromatic carbocycles. The molecule has 0 aromatic heterocycles. The van der Waals surface area contributed by atoms with Gasteiger partial charge in [0.05, 0.1) is 20.3 Å². The van der Waals surface area contributed by atoms with Crippen LogP contribution in [0.2, 0.25) is 0 Å². The minimum atomic E-state index is -4.16. The van der Waals surface area contributed by atoms with Crippen LogP contribution in [0.4, 0.5) is 13.2 Å². The molecule has 0 saturated carbocycles. The van der Waals surface area contributed by atoms with E-state index < -0.39 is 12.7 Å². The number of hydrogen-bond donors (Lipinski definition) is 1. The molecule has 1 fully saturated rings. The van der Waals surface area contributed by atoms with Gasteiger partial charge in [-0.2, -0.15) is 13.2 Å². The molecule has 1 heterocycles. The van der Waals surface area contributed by atoms with Gasteiger partial charge in [0.25, 0.3) is 0 Å². The van der Waals surface area contributed by atoms with Crippen LogP contribution in [0.1, 0.15) is 25.8 Å². The van der Waals surface area contributed by atoms with Gasteiger partial charge in [0.1, 0.15) is 0 Å². The van der Waals surface area contributed by atoms with Gasteiger partial charge < -0.3 is 19.7 Å². The first-order chi connectivity index (χ1) is 14.3. The number of guanidine groups is 1. The van der Waals surface area contributed by atoms with Crippen molar-refractivity contribution in [1.29, 1.82) is 0 Å². The second-order valence-electron chi connectivity index (χ2n) is 7.36. The molecule has 0 radical (unpaired) electrons. The molecule has 1 atom stereocenters. The molecule has 1 aliphatic rings. The minimum absolute atomic E-state index is 0. The number of nitrogens with zero attached hydrogens (tertiary/aromatic N) is 3. The Bertz CT molecular complexity index is 704. The summed E-state index contributed by atoms with van der Waals surface area (Å²) in [6, 6.07) is 5.77. The number of halogens is 4. The van der Waals surface area contributed by atoms with Crippen molar-refractivity contribution in [2.45, 2.75) is 33.0 Å². The van der Waals surface area contributed by atoms with Gasteiger partial charge in [0, 0.05) is 33.2 Å². The normalized spacial score (nSPS) is 17.0. The van der Waals surface area contributed by atoms with Crippen molar-refractivity contribution in [3.63, 3.8) is 0 Å². The number of likely N-dealkylation sites (tertiary alicyclic amines) is 1. The Labute approximate surface area is 200 Å². The van der Waals surface area contributed by atoms with Crippen LogP contribution in [-0.4, -0.2) is 75.4 Å². The second kappa shape index (κ2) is 13.2. The highest BCUT2D eigenvalue weighted by atomic mass is 127. The summed E-state index contributed by atoms with van der Waals surface area (Å²) in [6.45, 7) is 6.26. The molecule has 10 heteroatoms. The smallest absolute Gasteiger partial charge is 0.401 e.